The highest BCUT2D eigenvalue weighted by Crippen LogP contribution is 2.34. The van der Waals surface area contributed by atoms with Crippen LogP contribution in [0.3, 0.4) is 0 Å². The van der Waals surface area contributed by atoms with E-state index >= 15 is 0 Å². The summed E-state index contributed by atoms with van der Waals surface area (Å²) in [6.45, 7) is 0. The van der Waals surface area contributed by atoms with Gasteiger partial charge in [0.15, 0.2) is 0 Å². The zero-order valence-electron chi connectivity index (χ0n) is 10.6. The molecule has 1 aromatic rings. The second kappa shape index (κ2) is 4.73. The van der Waals surface area contributed by atoms with Gasteiger partial charge in [0.05, 0.1) is 0 Å². The van der Waals surface area contributed by atoms with E-state index in [1.807, 2.05) is 0 Å². The van der Waals surface area contributed by atoms with Gasteiger partial charge in [-0.15, -0.1) is 0 Å². The van der Waals surface area contributed by atoms with Crippen molar-refractivity contribution >= 4 is 11.6 Å². The Balaban J connectivity index is 1.80. The number of benzene rings is 1. The van der Waals surface area contributed by atoms with E-state index in [1.54, 1.807) is 0 Å². The zero-order valence-corrected chi connectivity index (χ0v) is 10.6. The third kappa shape index (κ3) is 2.27. The van der Waals surface area contributed by atoms with Gasteiger partial charge in [-0.25, -0.2) is 0 Å². The summed E-state index contributed by atoms with van der Waals surface area (Å²) in [4.78, 5) is 11.3. The molecule has 2 aliphatic rings. The van der Waals surface area contributed by atoms with Crippen molar-refractivity contribution in [2.24, 2.45) is 5.73 Å². The Labute approximate surface area is 108 Å². The number of hydrogen-bond acceptors (Lipinski definition) is 2. The summed E-state index contributed by atoms with van der Waals surface area (Å²) in [6.07, 6.45) is 6.17. The van der Waals surface area contributed by atoms with Gasteiger partial charge in [0.2, 0.25) is 5.91 Å². The molecule has 3 rings (SSSR count). The Hall–Kier alpha value is -1.35. The molecule has 3 N–H and O–H groups in total. The molecule has 18 heavy (non-hydrogen) atoms. The molecule has 0 aromatic heterocycles. The van der Waals surface area contributed by atoms with Gasteiger partial charge in [-0.1, -0.05) is 12.1 Å². The van der Waals surface area contributed by atoms with Gasteiger partial charge in [0.25, 0.3) is 0 Å². The van der Waals surface area contributed by atoms with Gasteiger partial charge in [-0.3, -0.25) is 4.79 Å². The van der Waals surface area contributed by atoms with E-state index in [-0.39, 0.29) is 5.91 Å². The van der Waals surface area contributed by atoms with Crippen LogP contribution >= 0.6 is 0 Å². The SMILES string of the molecule is NC1CCC(c2ccc3c(c2)CCC(=O)N3)CC1. The van der Waals surface area contributed by atoms with Gasteiger partial charge < -0.3 is 11.1 Å². The lowest BCUT2D eigenvalue weighted by atomic mass is 9.81. The lowest BCUT2D eigenvalue weighted by molar-refractivity contribution is -0.116. The molecule has 1 aromatic carbocycles. The number of nitrogens with two attached hydrogens (primary N) is 1. The van der Waals surface area contributed by atoms with Crippen LogP contribution in [0.5, 0.6) is 0 Å². The average Bonchev–Trinajstić information content (AvgIpc) is 2.39. The molecule has 0 radical (unpaired) electrons. The molecule has 96 valence electrons. The Morgan fingerprint density at radius 3 is 2.67 bits per heavy atom. The molecular formula is C15H20N2O. The Morgan fingerprint density at radius 1 is 1.11 bits per heavy atom. The van der Waals surface area contributed by atoms with Crippen molar-refractivity contribution in [2.45, 2.75) is 50.5 Å². The number of nitrogens with one attached hydrogen (secondary N) is 1. The van der Waals surface area contributed by atoms with Crippen LogP contribution < -0.4 is 11.1 Å². The molecule has 1 aliphatic carbocycles. The summed E-state index contributed by atoms with van der Waals surface area (Å²) in [5.74, 6) is 0.798. The highest BCUT2D eigenvalue weighted by molar-refractivity contribution is 5.93. The molecule has 3 nitrogen and oxygen atoms in total. The van der Waals surface area contributed by atoms with Gasteiger partial charge in [-0.2, -0.15) is 0 Å². The van der Waals surface area contributed by atoms with E-state index in [4.69, 9.17) is 5.73 Å². The highest BCUT2D eigenvalue weighted by Gasteiger charge is 2.22. The Morgan fingerprint density at radius 2 is 1.89 bits per heavy atom. The predicted octanol–water partition coefficient (Wildman–Crippen LogP) is 2.56. The van der Waals surface area contributed by atoms with Crippen LogP contribution in [0.2, 0.25) is 0 Å². The topological polar surface area (TPSA) is 55.1 Å². The van der Waals surface area contributed by atoms with Crippen LogP contribution in [0.1, 0.15) is 49.1 Å². The molecule has 0 unspecified atom stereocenters. The lowest BCUT2D eigenvalue weighted by Crippen LogP contribution is -2.26. The predicted molar refractivity (Wildman–Crippen MR) is 72.6 cm³/mol. The van der Waals surface area contributed by atoms with Gasteiger partial charge in [0.1, 0.15) is 0 Å². The molecule has 1 heterocycles. The van der Waals surface area contributed by atoms with E-state index in [0.717, 1.165) is 24.9 Å². The molecule has 1 fully saturated rings. The molecule has 1 saturated carbocycles. The normalized spacial score (nSPS) is 27.5. The number of aryl methyl sites for hydroxylation is 1. The maximum atomic E-state index is 11.3. The van der Waals surface area contributed by atoms with Crippen LogP contribution in [0.15, 0.2) is 18.2 Å². The summed E-state index contributed by atoms with van der Waals surface area (Å²) < 4.78 is 0. The van der Waals surface area contributed by atoms with Crippen molar-refractivity contribution in [3.63, 3.8) is 0 Å². The standard InChI is InChI=1S/C15H20N2O/c16-13-5-1-10(2-6-13)11-3-7-14-12(9-11)4-8-15(18)17-14/h3,7,9-10,13H,1-2,4-6,8,16H2,(H,17,18). The van der Waals surface area contributed by atoms with Crippen molar-refractivity contribution in [1.82, 2.24) is 0 Å². The number of fused-ring (bicyclic) bond motifs is 1. The smallest absolute Gasteiger partial charge is 0.224 e. The van der Waals surface area contributed by atoms with E-state index in [9.17, 15) is 4.79 Å². The summed E-state index contributed by atoms with van der Waals surface area (Å²) in [7, 11) is 0. The molecule has 0 spiro atoms. The van der Waals surface area contributed by atoms with Gasteiger partial charge >= 0.3 is 0 Å². The number of amides is 1. The summed E-state index contributed by atoms with van der Waals surface area (Å²) in [6, 6.07) is 6.93. The van der Waals surface area contributed by atoms with Crippen molar-refractivity contribution in [3.05, 3.63) is 29.3 Å². The van der Waals surface area contributed by atoms with E-state index in [2.05, 4.69) is 23.5 Å². The quantitative estimate of drug-likeness (QED) is 0.797. The fraction of sp³-hybridized carbons (Fsp3) is 0.533. The maximum absolute atomic E-state index is 11.3. The fourth-order valence-corrected chi connectivity index (χ4v) is 3.11. The van der Waals surface area contributed by atoms with Crippen molar-refractivity contribution in [2.75, 3.05) is 5.32 Å². The fourth-order valence-electron chi connectivity index (χ4n) is 3.11. The molecule has 0 atom stereocenters. The monoisotopic (exact) mass is 244 g/mol. The van der Waals surface area contributed by atoms with Crippen LogP contribution in [0.4, 0.5) is 5.69 Å². The Bertz CT molecular complexity index is 462. The van der Waals surface area contributed by atoms with Crippen LogP contribution in [0.25, 0.3) is 0 Å². The van der Waals surface area contributed by atoms with Crippen molar-refractivity contribution in [3.8, 4) is 0 Å². The lowest BCUT2D eigenvalue weighted by Gasteiger charge is -2.27. The van der Waals surface area contributed by atoms with Crippen molar-refractivity contribution < 1.29 is 4.79 Å². The van der Waals surface area contributed by atoms with Gasteiger partial charge in [-0.05, 0) is 55.2 Å². The minimum Gasteiger partial charge on any atom is -0.328 e. The summed E-state index contributed by atoms with van der Waals surface area (Å²) >= 11 is 0. The molecule has 3 heteroatoms. The molecule has 0 saturated heterocycles. The van der Waals surface area contributed by atoms with Crippen LogP contribution in [-0.2, 0) is 11.2 Å². The van der Waals surface area contributed by atoms with Gasteiger partial charge in [0, 0.05) is 18.2 Å². The molecule has 1 aliphatic heterocycles. The van der Waals surface area contributed by atoms with E-state index < -0.39 is 0 Å². The third-order valence-electron chi connectivity index (χ3n) is 4.27. The number of rotatable bonds is 1. The first kappa shape index (κ1) is 11.7. The second-order valence-electron chi connectivity index (χ2n) is 5.58. The number of anilines is 1. The minimum atomic E-state index is 0.138. The Kier molecular flexibility index (Phi) is 3.08. The average molecular weight is 244 g/mol. The van der Waals surface area contributed by atoms with Crippen molar-refractivity contribution in [1.29, 1.82) is 0 Å². The molecule has 1 amide bonds. The first-order valence-electron chi connectivity index (χ1n) is 6.90. The number of hydrogen-bond donors (Lipinski definition) is 2. The van der Waals surface area contributed by atoms with Crippen LogP contribution in [-0.4, -0.2) is 11.9 Å². The minimum absolute atomic E-state index is 0.138. The van der Waals surface area contributed by atoms with E-state index in [1.165, 1.54) is 24.0 Å². The highest BCUT2D eigenvalue weighted by atomic mass is 16.1. The second-order valence-corrected chi connectivity index (χ2v) is 5.58. The molecular weight excluding hydrogens is 224 g/mol. The third-order valence-corrected chi connectivity index (χ3v) is 4.27. The van der Waals surface area contributed by atoms with E-state index in [0.29, 0.717) is 18.4 Å². The first-order valence-corrected chi connectivity index (χ1v) is 6.90. The summed E-state index contributed by atoms with van der Waals surface area (Å²) in [5.41, 5.74) is 9.68. The maximum Gasteiger partial charge on any atom is 0.224 e. The number of carbonyl (C=O) groups excluding carboxylic acids is 1. The largest absolute Gasteiger partial charge is 0.328 e. The van der Waals surface area contributed by atoms with Crippen LogP contribution in [0, 0.1) is 0 Å². The number of carbonyl (C=O) groups is 1. The molecule has 0 bridgehead atoms. The zero-order chi connectivity index (χ0) is 12.5. The first-order chi connectivity index (χ1) is 8.72. The summed E-state index contributed by atoms with van der Waals surface area (Å²) in [5, 5.41) is 2.94.